The Morgan fingerprint density at radius 2 is 1.75 bits per heavy atom. The van der Waals surface area contributed by atoms with Crippen molar-refractivity contribution < 1.29 is 14.3 Å². The Hall–Kier alpha value is -3.78. The summed E-state index contributed by atoms with van der Waals surface area (Å²) in [6, 6.07) is 23.0. The number of alkyl carbamates (subject to hydrolysis) is 1. The molecule has 0 bridgehead atoms. The number of hydrogen-bond acceptors (Lipinski definition) is 4. The van der Waals surface area contributed by atoms with Crippen molar-refractivity contribution in [1.29, 1.82) is 0 Å². The van der Waals surface area contributed by atoms with Crippen LogP contribution < -0.4 is 10.1 Å². The molecule has 0 aliphatic carbocycles. The molecular formula is C23H20N2O3. The lowest BCUT2D eigenvalue weighted by molar-refractivity contribution is 0.177. The first-order valence-corrected chi connectivity index (χ1v) is 8.80. The molecule has 1 amide bonds. The zero-order valence-corrected chi connectivity index (χ0v) is 15.5. The molecule has 1 aromatic heterocycles. The molecule has 140 valence electrons. The van der Waals surface area contributed by atoms with E-state index >= 15 is 0 Å². The van der Waals surface area contributed by atoms with Crippen LogP contribution in [0.5, 0.6) is 5.75 Å². The van der Waals surface area contributed by atoms with Crippen LogP contribution in [0.1, 0.15) is 22.9 Å². The minimum atomic E-state index is -0.385. The molecule has 1 fully saturated rings. The van der Waals surface area contributed by atoms with Crippen molar-refractivity contribution in [3.63, 3.8) is 0 Å². The van der Waals surface area contributed by atoms with Crippen LogP contribution in [0, 0.1) is 11.8 Å². The third-order valence-electron chi connectivity index (χ3n) is 3.95. The van der Waals surface area contributed by atoms with Gasteiger partial charge in [-0.15, -0.1) is 0 Å². The van der Waals surface area contributed by atoms with Crippen molar-refractivity contribution >= 4 is 6.09 Å². The zero-order chi connectivity index (χ0) is 19.6. The number of ether oxygens (including phenoxy) is 2. The highest BCUT2D eigenvalue weighted by Crippen LogP contribution is 2.17. The smallest absolute Gasteiger partial charge is 0.407 e. The normalized spacial score (nSPS) is 14.5. The fraction of sp³-hybridized carbons (Fsp3) is 0.130. The second kappa shape index (κ2) is 9.79. The van der Waals surface area contributed by atoms with Crippen molar-refractivity contribution in [2.24, 2.45) is 0 Å². The van der Waals surface area contributed by atoms with E-state index in [4.69, 9.17) is 9.47 Å². The van der Waals surface area contributed by atoms with Crippen LogP contribution in [0.15, 0.2) is 79.0 Å². The molecule has 0 unspecified atom stereocenters. The molecular weight excluding hydrogens is 352 g/mol. The number of methoxy groups -OCH3 is 1. The Labute approximate surface area is 164 Å². The summed E-state index contributed by atoms with van der Waals surface area (Å²) >= 11 is 0. The highest BCUT2D eigenvalue weighted by Gasteiger charge is 2.23. The Balaban J connectivity index is 0.000000236. The Morgan fingerprint density at radius 1 is 1.04 bits per heavy atom. The monoisotopic (exact) mass is 372 g/mol. The highest BCUT2D eigenvalue weighted by atomic mass is 16.6. The number of nitrogens with zero attached hydrogens (tertiary/aromatic N) is 1. The summed E-state index contributed by atoms with van der Waals surface area (Å²) in [4.78, 5) is 15.3. The van der Waals surface area contributed by atoms with Crippen molar-refractivity contribution in [3.8, 4) is 17.6 Å². The fourth-order valence-corrected chi connectivity index (χ4v) is 2.51. The van der Waals surface area contributed by atoms with Gasteiger partial charge in [0.25, 0.3) is 0 Å². The van der Waals surface area contributed by atoms with Crippen LogP contribution in [-0.4, -0.2) is 24.8 Å². The van der Waals surface area contributed by atoms with E-state index in [1.54, 1.807) is 13.3 Å². The number of benzene rings is 2. The molecule has 2 aromatic carbocycles. The molecule has 5 nitrogen and oxygen atoms in total. The summed E-state index contributed by atoms with van der Waals surface area (Å²) in [6.07, 6.45) is 1.30. The number of cyclic esters (lactones) is 1. The summed E-state index contributed by atoms with van der Waals surface area (Å²) in [6.45, 7) is 0.342. The van der Waals surface area contributed by atoms with Gasteiger partial charge in [-0.3, -0.25) is 0 Å². The van der Waals surface area contributed by atoms with E-state index in [0.717, 1.165) is 16.9 Å². The maximum Gasteiger partial charge on any atom is 0.407 e. The summed E-state index contributed by atoms with van der Waals surface area (Å²) in [5, 5.41) is 2.73. The first kappa shape index (κ1) is 19.0. The van der Waals surface area contributed by atoms with Crippen LogP contribution in [0.25, 0.3) is 0 Å². The summed E-state index contributed by atoms with van der Waals surface area (Å²) in [7, 11) is 1.66. The summed E-state index contributed by atoms with van der Waals surface area (Å²) in [5.41, 5.74) is 2.56. The van der Waals surface area contributed by atoms with Crippen LogP contribution in [-0.2, 0) is 4.74 Å². The third kappa shape index (κ3) is 5.61. The molecule has 1 saturated heterocycles. The number of aromatic nitrogens is 1. The average Bonchev–Trinajstić information content (AvgIpc) is 3.21. The second-order valence-corrected chi connectivity index (χ2v) is 5.90. The SMILES string of the molecule is COc1ccccc1.O=C1N[C@H](c2ccnc(C#Cc3ccccc3)c2)CO1. The molecule has 5 heteroatoms. The van der Waals surface area contributed by atoms with E-state index in [2.05, 4.69) is 22.1 Å². The Bertz CT molecular complexity index is 963. The number of carbonyl (C=O) groups excluding carboxylic acids is 1. The van der Waals surface area contributed by atoms with E-state index in [-0.39, 0.29) is 12.1 Å². The highest BCUT2D eigenvalue weighted by molar-refractivity contribution is 5.70. The fourth-order valence-electron chi connectivity index (χ4n) is 2.51. The topological polar surface area (TPSA) is 60.5 Å². The number of hydrogen-bond donors (Lipinski definition) is 1. The largest absolute Gasteiger partial charge is 0.497 e. The van der Waals surface area contributed by atoms with Gasteiger partial charge in [-0.2, -0.15) is 0 Å². The number of carbonyl (C=O) groups is 1. The van der Waals surface area contributed by atoms with Crippen LogP contribution >= 0.6 is 0 Å². The molecule has 4 rings (SSSR count). The van der Waals surface area contributed by atoms with Crippen molar-refractivity contribution in [1.82, 2.24) is 10.3 Å². The van der Waals surface area contributed by atoms with Gasteiger partial charge in [-0.1, -0.05) is 42.3 Å². The molecule has 2 heterocycles. The molecule has 1 aliphatic heterocycles. The molecule has 0 saturated carbocycles. The van der Waals surface area contributed by atoms with Gasteiger partial charge in [-0.25, -0.2) is 9.78 Å². The first-order valence-electron chi connectivity index (χ1n) is 8.80. The van der Waals surface area contributed by atoms with Gasteiger partial charge >= 0.3 is 6.09 Å². The Morgan fingerprint density at radius 3 is 2.36 bits per heavy atom. The lowest BCUT2D eigenvalue weighted by Gasteiger charge is -2.06. The predicted molar refractivity (Wildman–Crippen MR) is 107 cm³/mol. The summed E-state index contributed by atoms with van der Waals surface area (Å²) in [5.74, 6) is 6.99. The van der Waals surface area contributed by atoms with Gasteiger partial charge in [0.05, 0.1) is 13.2 Å². The van der Waals surface area contributed by atoms with Gasteiger partial charge in [0.2, 0.25) is 0 Å². The standard InChI is InChI=1S/C16H12N2O2.C7H8O/c19-16-18-15(11-20-16)13-8-9-17-14(10-13)7-6-12-4-2-1-3-5-12;1-8-7-5-3-2-4-6-7/h1-5,8-10,15H,11H2,(H,18,19);2-6H,1H3/t15-;/m0./s1. The zero-order valence-electron chi connectivity index (χ0n) is 15.5. The summed E-state index contributed by atoms with van der Waals surface area (Å²) < 4.78 is 9.80. The lowest BCUT2D eigenvalue weighted by Crippen LogP contribution is -2.18. The van der Waals surface area contributed by atoms with Gasteiger partial charge in [-0.05, 0) is 47.9 Å². The van der Waals surface area contributed by atoms with Gasteiger partial charge in [0, 0.05) is 11.8 Å². The number of para-hydroxylation sites is 1. The molecule has 1 atom stereocenters. The van der Waals surface area contributed by atoms with Crippen molar-refractivity contribution in [2.75, 3.05) is 13.7 Å². The maximum atomic E-state index is 11.0. The van der Waals surface area contributed by atoms with Crippen LogP contribution in [0.3, 0.4) is 0 Å². The number of pyridine rings is 1. The first-order chi connectivity index (χ1) is 13.7. The minimum Gasteiger partial charge on any atom is -0.497 e. The molecule has 3 aromatic rings. The number of nitrogens with one attached hydrogen (secondary N) is 1. The quantitative estimate of drug-likeness (QED) is 0.692. The van der Waals surface area contributed by atoms with Gasteiger partial charge < -0.3 is 14.8 Å². The van der Waals surface area contributed by atoms with Crippen LogP contribution in [0.4, 0.5) is 4.79 Å². The maximum absolute atomic E-state index is 11.0. The van der Waals surface area contributed by atoms with E-state index in [0.29, 0.717) is 12.3 Å². The second-order valence-electron chi connectivity index (χ2n) is 5.90. The third-order valence-corrected chi connectivity index (χ3v) is 3.95. The molecule has 28 heavy (non-hydrogen) atoms. The van der Waals surface area contributed by atoms with Gasteiger partial charge in [0.1, 0.15) is 18.1 Å². The van der Waals surface area contributed by atoms with Crippen molar-refractivity contribution in [2.45, 2.75) is 6.04 Å². The molecule has 1 aliphatic rings. The lowest BCUT2D eigenvalue weighted by atomic mass is 10.1. The average molecular weight is 372 g/mol. The van der Waals surface area contributed by atoms with E-state index < -0.39 is 0 Å². The molecule has 0 spiro atoms. The van der Waals surface area contributed by atoms with E-state index in [1.165, 1.54) is 0 Å². The van der Waals surface area contributed by atoms with E-state index in [1.807, 2.05) is 72.8 Å². The van der Waals surface area contributed by atoms with Crippen molar-refractivity contribution in [3.05, 3.63) is 95.8 Å². The van der Waals surface area contributed by atoms with E-state index in [9.17, 15) is 4.79 Å². The molecule has 1 N–H and O–H groups in total. The Kier molecular flexibility index (Phi) is 6.64. The minimum absolute atomic E-state index is 0.122. The predicted octanol–water partition coefficient (Wildman–Crippen LogP) is 3.96. The number of amides is 1. The number of rotatable bonds is 2. The molecule has 0 radical (unpaired) electrons. The van der Waals surface area contributed by atoms with Crippen LogP contribution in [0.2, 0.25) is 0 Å². The van der Waals surface area contributed by atoms with Gasteiger partial charge in [0.15, 0.2) is 0 Å².